The average molecular weight is 333 g/mol. The fraction of sp³-hybridized carbons (Fsp3) is 0.417. The van der Waals surface area contributed by atoms with Crippen LogP contribution in [0.15, 0.2) is 18.2 Å². The van der Waals surface area contributed by atoms with E-state index in [1.807, 2.05) is 45.9 Å². The van der Waals surface area contributed by atoms with Gasteiger partial charge in [-0.3, -0.25) is 5.32 Å². The Bertz CT molecular complexity index is 376. The lowest BCUT2D eigenvalue weighted by Crippen LogP contribution is -2.27. The summed E-state index contributed by atoms with van der Waals surface area (Å²) in [6, 6.07) is 5.85. The summed E-state index contributed by atoms with van der Waals surface area (Å²) in [5, 5.41) is 2.77. The van der Waals surface area contributed by atoms with Crippen molar-refractivity contribution in [2.24, 2.45) is 0 Å². The second-order valence-electron chi connectivity index (χ2n) is 4.56. The van der Waals surface area contributed by atoms with Gasteiger partial charge in [-0.2, -0.15) is 0 Å². The van der Waals surface area contributed by atoms with Crippen LogP contribution in [0.3, 0.4) is 0 Å². The van der Waals surface area contributed by atoms with Crippen LogP contribution in [0, 0.1) is 10.5 Å². The summed E-state index contributed by atoms with van der Waals surface area (Å²) in [5.74, 6) is 0. The van der Waals surface area contributed by atoms with Gasteiger partial charge < -0.3 is 4.74 Å². The summed E-state index contributed by atoms with van der Waals surface area (Å²) in [6.07, 6.45) is -0.417. The first-order valence-electron chi connectivity index (χ1n) is 5.05. The molecule has 1 aromatic carbocycles. The van der Waals surface area contributed by atoms with Crippen molar-refractivity contribution in [2.45, 2.75) is 33.3 Å². The van der Waals surface area contributed by atoms with Gasteiger partial charge >= 0.3 is 6.09 Å². The molecule has 0 heterocycles. The van der Waals surface area contributed by atoms with E-state index in [9.17, 15) is 4.79 Å². The van der Waals surface area contributed by atoms with Crippen molar-refractivity contribution in [1.82, 2.24) is 0 Å². The summed E-state index contributed by atoms with van der Waals surface area (Å²) in [4.78, 5) is 11.6. The molecule has 0 aliphatic rings. The topological polar surface area (TPSA) is 38.3 Å². The monoisotopic (exact) mass is 333 g/mol. The van der Waals surface area contributed by atoms with E-state index in [1.54, 1.807) is 0 Å². The van der Waals surface area contributed by atoms with Crippen LogP contribution >= 0.6 is 22.6 Å². The van der Waals surface area contributed by atoms with Crippen molar-refractivity contribution in [3.05, 3.63) is 27.3 Å². The fourth-order valence-electron chi connectivity index (χ4n) is 1.20. The number of nitrogens with one attached hydrogen (secondary N) is 1. The third-order valence-electron chi connectivity index (χ3n) is 1.85. The van der Waals surface area contributed by atoms with E-state index < -0.39 is 11.7 Å². The van der Waals surface area contributed by atoms with Crippen molar-refractivity contribution in [2.75, 3.05) is 5.32 Å². The lowest BCUT2D eigenvalue weighted by molar-refractivity contribution is 0.0635. The highest BCUT2D eigenvalue weighted by molar-refractivity contribution is 14.1. The molecule has 1 N–H and O–H groups in total. The van der Waals surface area contributed by atoms with Crippen LogP contribution in [-0.2, 0) is 4.74 Å². The highest BCUT2D eigenvalue weighted by Crippen LogP contribution is 2.22. The van der Waals surface area contributed by atoms with E-state index in [0.717, 1.165) is 14.8 Å². The van der Waals surface area contributed by atoms with Crippen LogP contribution < -0.4 is 5.32 Å². The minimum Gasteiger partial charge on any atom is -0.444 e. The molecular formula is C12H16INO2. The number of carbonyl (C=O) groups is 1. The van der Waals surface area contributed by atoms with E-state index in [0.29, 0.717) is 0 Å². The van der Waals surface area contributed by atoms with E-state index in [4.69, 9.17) is 4.74 Å². The molecule has 0 aliphatic carbocycles. The molecule has 16 heavy (non-hydrogen) atoms. The molecule has 0 spiro atoms. The Balaban J connectivity index is 2.78. The number of para-hydroxylation sites is 1. The maximum absolute atomic E-state index is 11.6. The molecule has 1 aromatic rings. The Morgan fingerprint density at radius 1 is 1.38 bits per heavy atom. The van der Waals surface area contributed by atoms with Crippen molar-refractivity contribution in [1.29, 1.82) is 0 Å². The van der Waals surface area contributed by atoms with Crippen molar-refractivity contribution in [3.8, 4) is 0 Å². The van der Waals surface area contributed by atoms with Gasteiger partial charge in [0.1, 0.15) is 5.60 Å². The molecule has 0 atom stereocenters. The molecule has 0 unspecified atom stereocenters. The number of halogens is 1. The van der Waals surface area contributed by atoms with Crippen LogP contribution in [-0.4, -0.2) is 11.7 Å². The minimum atomic E-state index is -0.474. The van der Waals surface area contributed by atoms with E-state index >= 15 is 0 Å². The molecule has 0 radical (unpaired) electrons. The van der Waals surface area contributed by atoms with Crippen LogP contribution in [0.1, 0.15) is 26.3 Å². The number of aryl methyl sites for hydroxylation is 1. The van der Waals surface area contributed by atoms with Gasteiger partial charge in [0.05, 0.1) is 5.69 Å². The zero-order valence-electron chi connectivity index (χ0n) is 9.93. The zero-order valence-corrected chi connectivity index (χ0v) is 12.1. The Kier molecular flexibility index (Phi) is 4.18. The average Bonchev–Trinajstić information content (AvgIpc) is 2.08. The Labute approximate surface area is 110 Å². The van der Waals surface area contributed by atoms with E-state index in [1.165, 1.54) is 0 Å². The standard InChI is InChI=1S/C12H16INO2/c1-8-6-5-7-9(13)10(8)14-11(15)16-12(2,3)4/h5-7H,1-4H3,(H,14,15). The van der Waals surface area contributed by atoms with E-state index in [-0.39, 0.29) is 0 Å². The normalized spacial score (nSPS) is 11.1. The number of rotatable bonds is 1. The summed E-state index contributed by atoms with van der Waals surface area (Å²) < 4.78 is 6.20. The predicted molar refractivity (Wildman–Crippen MR) is 73.8 cm³/mol. The molecule has 88 valence electrons. The van der Waals surface area contributed by atoms with Crippen molar-refractivity contribution in [3.63, 3.8) is 0 Å². The van der Waals surface area contributed by atoms with Gasteiger partial charge in [0, 0.05) is 3.57 Å². The predicted octanol–water partition coefficient (Wildman–Crippen LogP) is 3.95. The van der Waals surface area contributed by atoms with Gasteiger partial charge in [-0.25, -0.2) is 4.79 Å². The molecular weight excluding hydrogens is 317 g/mol. The second kappa shape index (κ2) is 5.03. The molecule has 0 aliphatic heterocycles. The summed E-state index contributed by atoms with van der Waals surface area (Å²) in [6.45, 7) is 7.48. The lowest BCUT2D eigenvalue weighted by Gasteiger charge is -2.20. The van der Waals surface area contributed by atoms with Gasteiger partial charge in [0.15, 0.2) is 0 Å². The van der Waals surface area contributed by atoms with Gasteiger partial charge in [-0.05, 0) is 61.9 Å². The SMILES string of the molecule is Cc1cccc(I)c1NC(=O)OC(C)(C)C. The second-order valence-corrected chi connectivity index (χ2v) is 5.72. The van der Waals surface area contributed by atoms with Crippen LogP contribution in [0.2, 0.25) is 0 Å². The number of ether oxygens (including phenoxy) is 1. The van der Waals surface area contributed by atoms with Crippen LogP contribution in [0.4, 0.5) is 10.5 Å². The first-order valence-corrected chi connectivity index (χ1v) is 6.12. The van der Waals surface area contributed by atoms with Crippen LogP contribution in [0.5, 0.6) is 0 Å². The highest BCUT2D eigenvalue weighted by Gasteiger charge is 2.17. The third-order valence-corrected chi connectivity index (χ3v) is 2.75. The molecule has 0 saturated heterocycles. The fourth-order valence-corrected chi connectivity index (χ4v) is 1.96. The molecule has 0 aromatic heterocycles. The van der Waals surface area contributed by atoms with E-state index in [2.05, 4.69) is 27.9 Å². The summed E-state index contributed by atoms with van der Waals surface area (Å²) in [7, 11) is 0. The Morgan fingerprint density at radius 2 is 2.00 bits per heavy atom. The summed E-state index contributed by atoms with van der Waals surface area (Å²) >= 11 is 2.19. The minimum absolute atomic E-state index is 0.417. The quantitative estimate of drug-likeness (QED) is 0.791. The highest BCUT2D eigenvalue weighted by atomic mass is 127. The maximum Gasteiger partial charge on any atom is 0.412 e. The largest absolute Gasteiger partial charge is 0.444 e. The number of hydrogen-bond donors (Lipinski definition) is 1. The van der Waals surface area contributed by atoms with Gasteiger partial charge in [-0.15, -0.1) is 0 Å². The first kappa shape index (κ1) is 13.3. The van der Waals surface area contributed by atoms with Gasteiger partial charge in [0.2, 0.25) is 0 Å². The number of anilines is 1. The number of hydrogen-bond acceptors (Lipinski definition) is 2. The third kappa shape index (κ3) is 4.00. The lowest BCUT2D eigenvalue weighted by atomic mass is 10.2. The molecule has 0 fully saturated rings. The smallest absolute Gasteiger partial charge is 0.412 e. The Morgan fingerprint density at radius 3 is 2.50 bits per heavy atom. The molecule has 1 rings (SSSR count). The molecule has 1 amide bonds. The first-order chi connectivity index (χ1) is 7.29. The zero-order chi connectivity index (χ0) is 12.3. The number of carbonyl (C=O) groups excluding carboxylic acids is 1. The molecule has 4 heteroatoms. The maximum atomic E-state index is 11.6. The summed E-state index contributed by atoms with van der Waals surface area (Å²) in [5.41, 5.74) is 1.37. The van der Waals surface area contributed by atoms with Gasteiger partial charge in [0.25, 0.3) is 0 Å². The molecule has 0 saturated carbocycles. The molecule has 0 bridgehead atoms. The Hall–Kier alpha value is -0.780. The van der Waals surface area contributed by atoms with Crippen molar-refractivity contribution >= 4 is 34.4 Å². The van der Waals surface area contributed by atoms with Gasteiger partial charge in [-0.1, -0.05) is 12.1 Å². The number of amides is 1. The van der Waals surface area contributed by atoms with Crippen molar-refractivity contribution < 1.29 is 9.53 Å². The molecule has 3 nitrogen and oxygen atoms in total. The van der Waals surface area contributed by atoms with Crippen LogP contribution in [0.25, 0.3) is 0 Å². The number of benzene rings is 1.